The Bertz CT molecular complexity index is 1060. The van der Waals surface area contributed by atoms with E-state index in [4.69, 9.17) is 9.15 Å². The highest BCUT2D eigenvalue weighted by atomic mass is 19.1. The zero-order chi connectivity index (χ0) is 21.0. The monoisotopic (exact) mass is 396 g/mol. The molecule has 0 saturated heterocycles. The van der Waals surface area contributed by atoms with Gasteiger partial charge in [-0.15, -0.1) is 0 Å². The minimum absolute atomic E-state index is 0.0367. The lowest BCUT2D eigenvalue weighted by molar-refractivity contribution is -0.115. The van der Waals surface area contributed by atoms with E-state index in [9.17, 15) is 14.0 Å². The number of benzene rings is 2. The molecular weight excluding hydrogens is 375 g/mol. The molecule has 2 amide bonds. The fraction of sp³-hybridized carbons (Fsp3) is 0.182. The highest BCUT2D eigenvalue weighted by molar-refractivity contribution is 6.05. The summed E-state index contributed by atoms with van der Waals surface area (Å²) >= 11 is 0. The Labute approximate surface area is 167 Å². The Morgan fingerprint density at radius 3 is 2.55 bits per heavy atom. The van der Waals surface area contributed by atoms with E-state index >= 15 is 0 Å². The van der Waals surface area contributed by atoms with E-state index < -0.39 is 11.7 Å². The van der Waals surface area contributed by atoms with Crippen molar-refractivity contribution in [2.75, 3.05) is 17.7 Å². The molecule has 3 aromatic rings. The predicted octanol–water partition coefficient (Wildman–Crippen LogP) is 4.48. The zero-order valence-electron chi connectivity index (χ0n) is 16.3. The van der Waals surface area contributed by atoms with Gasteiger partial charge in [-0.3, -0.25) is 9.59 Å². The number of hydrogen-bond acceptors (Lipinski definition) is 4. The molecule has 7 heteroatoms. The SMILES string of the molecule is COc1cc(CC(=O)Nc2ccc(F)c(NC(=O)c3ccoc3C)c2)ccc1C. The minimum Gasteiger partial charge on any atom is -0.496 e. The number of halogens is 1. The van der Waals surface area contributed by atoms with Gasteiger partial charge in [0.2, 0.25) is 5.91 Å². The molecule has 6 nitrogen and oxygen atoms in total. The summed E-state index contributed by atoms with van der Waals surface area (Å²) in [6.07, 6.45) is 1.52. The molecule has 1 aromatic heterocycles. The van der Waals surface area contributed by atoms with Crippen LogP contribution in [-0.4, -0.2) is 18.9 Å². The third-order valence-electron chi connectivity index (χ3n) is 4.44. The topological polar surface area (TPSA) is 80.6 Å². The summed E-state index contributed by atoms with van der Waals surface area (Å²) in [6, 6.07) is 11.0. The van der Waals surface area contributed by atoms with E-state index in [0.717, 1.165) is 11.1 Å². The number of rotatable bonds is 6. The quantitative estimate of drug-likeness (QED) is 0.644. The van der Waals surface area contributed by atoms with Crippen LogP contribution in [0.15, 0.2) is 53.1 Å². The summed E-state index contributed by atoms with van der Waals surface area (Å²) in [4.78, 5) is 24.6. The van der Waals surface area contributed by atoms with Gasteiger partial charge in [0, 0.05) is 5.69 Å². The third kappa shape index (κ3) is 4.82. The van der Waals surface area contributed by atoms with Gasteiger partial charge in [-0.1, -0.05) is 12.1 Å². The third-order valence-corrected chi connectivity index (χ3v) is 4.44. The molecule has 0 spiro atoms. The molecule has 0 atom stereocenters. The first-order valence-corrected chi connectivity index (χ1v) is 8.95. The Morgan fingerprint density at radius 1 is 1.07 bits per heavy atom. The summed E-state index contributed by atoms with van der Waals surface area (Å²) < 4.78 is 24.5. The lowest BCUT2D eigenvalue weighted by Gasteiger charge is -2.11. The van der Waals surface area contributed by atoms with Crippen molar-refractivity contribution in [1.82, 2.24) is 0 Å². The van der Waals surface area contributed by atoms with Crippen LogP contribution in [0.5, 0.6) is 5.75 Å². The number of anilines is 2. The normalized spacial score (nSPS) is 10.5. The van der Waals surface area contributed by atoms with E-state index in [0.29, 0.717) is 22.8 Å². The van der Waals surface area contributed by atoms with Crippen molar-refractivity contribution in [3.05, 3.63) is 77.0 Å². The van der Waals surface area contributed by atoms with Crippen LogP contribution in [0.25, 0.3) is 0 Å². The maximum atomic E-state index is 14.1. The number of hydrogen-bond donors (Lipinski definition) is 2. The number of nitrogens with one attached hydrogen (secondary N) is 2. The van der Waals surface area contributed by atoms with Crippen molar-refractivity contribution in [3.63, 3.8) is 0 Å². The zero-order valence-corrected chi connectivity index (χ0v) is 16.3. The Balaban J connectivity index is 1.70. The van der Waals surface area contributed by atoms with Gasteiger partial charge in [0.05, 0.1) is 31.0 Å². The molecule has 0 radical (unpaired) electrons. The fourth-order valence-electron chi connectivity index (χ4n) is 2.87. The minimum atomic E-state index is -0.610. The van der Waals surface area contributed by atoms with E-state index in [-0.39, 0.29) is 18.0 Å². The van der Waals surface area contributed by atoms with Gasteiger partial charge in [0.25, 0.3) is 5.91 Å². The van der Waals surface area contributed by atoms with Crippen LogP contribution in [0.1, 0.15) is 27.2 Å². The van der Waals surface area contributed by atoms with Crippen LogP contribution in [0.3, 0.4) is 0 Å². The lowest BCUT2D eigenvalue weighted by Crippen LogP contribution is -2.16. The van der Waals surface area contributed by atoms with Crippen LogP contribution >= 0.6 is 0 Å². The smallest absolute Gasteiger partial charge is 0.259 e. The molecule has 1 heterocycles. The van der Waals surface area contributed by atoms with Gasteiger partial charge in [0.1, 0.15) is 17.3 Å². The molecule has 0 aliphatic rings. The first-order chi connectivity index (χ1) is 13.9. The highest BCUT2D eigenvalue weighted by Crippen LogP contribution is 2.23. The highest BCUT2D eigenvalue weighted by Gasteiger charge is 2.15. The molecule has 150 valence electrons. The van der Waals surface area contributed by atoms with Crippen LogP contribution in [0.2, 0.25) is 0 Å². The second kappa shape index (κ2) is 8.60. The predicted molar refractivity (Wildman–Crippen MR) is 108 cm³/mol. The molecule has 0 bridgehead atoms. The second-order valence-corrected chi connectivity index (χ2v) is 6.57. The molecule has 29 heavy (non-hydrogen) atoms. The molecular formula is C22H21FN2O4. The van der Waals surface area contributed by atoms with E-state index in [1.807, 2.05) is 19.1 Å². The van der Waals surface area contributed by atoms with Crippen LogP contribution in [0, 0.1) is 19.7 Å². The number of furan rings is 1. The molecule has 0 unspecified atom stereocenters. The fourth-order valence-corrected chi connectivity index (χ4v) is 2.87. The number of methoxy groups -OCH3 is 1. The van der Waals surface area contributed by atoms with Crippen LogP contribution in [-0.2, 0) is 11.2 Å². The van der Waals surface area contributed by atoms with Gasteiger partial charge in [0.15, 0.2) is 0 Å². The molecule has 2 N–H and O–H groups in total. The van der Waals surface area contributed by atoms with Crippen molar-refractivity contribution in [2.24, 2.45) is 0 Å². The van der Waals surface area contributed by atoms with E-state index in [1.54, 1.807) is 20.1 Å². The summed E-state index contributed by atoms with van der Waals surface area (Å²) in [7, 11) is 1.57. The Kier molecular flexibility index (Phi) is 5.97. The average Bonchev–Trinajstić information content (AvgIpc) is 3.12. The van der Waals surface area contributed by atoms with Crippen molar-refractivity contribution >= 4 is 23.2 Å². The van der Waals surface area contributed by atoms with Crippen LogP contribution in [0.4, 0.5) is 15.8 Å². The first-order valence-electron chi connectivity index (χ1n) is 8.95. The van der Waals surface area contributed by atoms with Crippen molar-refractivity contribution in [1.29, 1.82) is 0 Å². The summed E-state index contributed by atoms with van der Waals surface area (Å²) in [6.45, 7) is 3.56. The van der Waals surface area contributed by atoms with E-state index in [2.05, 4.69) is 10.6 Å². The van der Waals surface area contributed by atoms with Gasteiger partial charge in [-0.25, -0.2) is 4.39 Å². The van der Waals surface area contributed by atoms with Gasteiger partial charge >= 0.3 is 0 Å². The second-order valence-electron chi connectivity index (χ2n) is 6.57. The number of ether oxygens (including phenoxy) is 1. The summed E-state index contributed by atoms with van der Waals surface area (Å²) in [5.74, 6) is -0.242. The van der Waals surface area contributed by atoms with Crippen molar-refractivity contribution < 1.29 is 23.1 Å². The summed E-state index contributed by atoms with van der Waals surface area (Å²) in [5.41, 5.74) is 2.41. The average molecular weight is 396 g/mol. The lowest BCUT2D eigenvalue weighted by atomic mass is 10.1. The number of aryl methyl sites for hydroxylation is 2. The van der Waals surface area contributed by atoms with E-state index in [1.165, 1.54) is 30.5 Å². The van der Waals surface area contributed by atoms with Gasteiger partial charge < -0.3 is 19.8 Å². The molecule has 0 aliphatic heterocycles. The Hall–Kier alpha value is -3.61. The maximum Gasteiger partial charge on any atom is 0.259 e. The van der Waals surface area contributed by atoms with Gasteiger partial charge in [-0.2, -0.15) is 0 Å². The first kappa shape index (κ1) is 20.1. The molecule has 0 aliphatic carbocycles. The summed E-state index contributed by atoms with van der Waals surface area (Å²) in [5, 5.41) is 5.21. The van der Waals surface area contributed by atoms with Crippen molar-refractivity contribution in [2.45, 2.75) is 20.3 Å². The Morgan fingerprint density at radius 2 is 1.86 bits per heavy atom. The molecule has 3 rings (SSSR count). The number of carbonyl (C=O) groups is 2. The van der Waals surface area contributed by atoms with Crippen LogP contribution < -0.4 is 15.4 Å². The number of carbonyl (C=O) groups excluding carboxylic acids is 2. The number of amides is 2. The molecule has 0 fully saturated rings. The van der Waals surface area contributed by atoms with Crippen molar-refractivity contribution in [3.8, 4) is 5.75 Å². The standard InChI is InChI=1S/C22H21FN2O4/c1-13-4-5-15(10-20(13)28-3)11-21(26)24-16-6-7-18(23)19(12-16)25-22(27)17-8-9-29-14(17)2/h4-10,12H,11H2,1-3H3,(H,24,26)(H,25,27). The van der Waals surface area contributed by atoms with Gasteiger partial charge in [-0.05, 0) is 55.3 Å². The maximum absolute atomic E-state index is 14.1. The largest absolute Gasteiger partial charge is 0.496 e. The molecule has 2 aromatic carbocycles. The molecule has 0 saturated carbocycles.